The van der Waals surface area contributed by atoms with Gasteiger partial charge in [-0.15, -0.1) is 0 Å². The summed E-state index contributed by atoms with van der Waals surface area (Å²) in [7, 11) is 3.00. The Morgan fingerprint density at radius 3 is 2.18 bits per heavy atom. The molecule has 1 atom stereocenters. The number of nitrogens with zero attached hydrogens (tertiary/aromatic N) is 2. The molecule has 0 aliphatic carbocycles. The van der Waals surface area contributed by atoms with Gasteiger partial charge < -0.3 is 23.8 Å². The van der Waals surface area contributed by atoms with Crippen molar-refractivity contribution in [1.29, 1.82) is 0 Å². The molecule has 11 nitrogen and oxygen atoms in total. The zero-order valence-electron chi connectivity index (χ0n) is 20.6. The van der Waals surface area contributed by atoms with E-state index in [0.29, 0.717) is 34.2 Å². The third-order valence-electron chi connectivity index (χ3n) is 5.94. The summed E-state index contributed by atoms with van der Waals surface area (Å²) in [5, 5.41) is 10.7. The van der Waals surface area contributed by atoms with Crippen LogP contribution in [0.25, 0.3) is 0 Å². The van der Waals surface area contributed by atoms with Gasteiger partial charge in [-0.25, -0.2) is 0 Å². The zero-order chi connectivity index (χ0) is 27.2. The largest absolute Gasteiger partial charge is 0.497 e. The van der Waals surface area contributed by atoms with Gasteiger partial charge in [0.2, 0.25) is 5.91 Å². The molecule has 1 saturated heterocycles. The van der Waals surface area contributed by atoms with E-state index in [9.17, 15) is 24.5 Å². The number of methoxy groups -OCH3 is 2. The van der Waals surface area contributed by atoms with Crippen molar-refractivity contribution in [3.8, 4) is 23.0 Å². The average molecular weight is 520 g/mol. The number of nitro benzene ring substituents is 1. The lowest BCUT2D eigenvalue weighted by atomic mass is 10.1. The molecule has 0 radical (unpaired) electrons. The smallest absolute Gasteiger partial charge is 0.311 e. The first-order valence-corrected chi connectivity index (χ1v) is 11.5. The van der Waals surface area contributed by atoms with E-state index in [-0.39, 0.29) is 24.6 Å². The lowest BCUT2D eigenvalue weighted by Gasteiger charge is -2.20. The first-order valence-electron chi connectivity index (χ1n) is 11.5. The van der Waals surface area contributed by atoms with Crippen LogP contribution < -0.4 is 19.1 Å². The number of nitro groups is 1. The first kappa shape index (κ1) is 26.1. The Bertz CT molecular complexity index is 1350. The number of Topliss-reactive ketones (excluding diaryl/α,β-unsaturated/α-hetero) is 1. The Labute approximate surface area is 217 Å². The van der Waals surface area contributed by atoms with Gasteiger partial charge in [-0.1, -0.05) is 0 Å². The predicted octanol–water partition coefficient (Wildman–Crippen LogP) is 4.18. The van der Waals surface area contributed by atoms with Crippen molar-refractivity contribution in [3.63, 3.8) is 0 Å². The summed E-state index contributed by atoms with van der Waals surface area (Å²) >= 11 is 0. The molecule has 0 saturated carbocycles. The number of hydrogen-bond donors (Lipinski definition) is 0. The maximum absolute atomic E-state index is 12.6. The highest BCUT2D eigenvalue weighted by Gasteiger charge is 2.37. The summed E-state index contributed by atoms with van der Waals surface area (Å²) in [6.45, 7) is -0.374. The highest BCUT2D eigenvalue weighted by molar-refractivity contribution is 6.01. The summed E-state index contributed by atoms with van der Waals surface area (Å²) in [5.41, 5.74) is 0.768. The number of ketones is 1. The molecular formula is C27H24N2O9. The number of carbonyl (C=O) groups is 3. The molecule has 3 aromatic carbocycles. The summed E-state index contributed by atoms with van der Waals surface area (Å²) in [5.74, 6) is -0.217. The van der Waals surface area contributed by atoms with Gasteiger partial charge in [0.25, 0.3) is 5.69 Å². The highest BCUT2D eigenvalue weighted by atomic mass is 16.6. The van der Waals surface area contributed by atoms with E-state index in [2.05, 4.69) is 0 Å². The average Bonchev–Trinajstić information content (AvgIpc) is 3.33. The summed E-state index contributed by atoms with van der Waals surface area (Å²) in [6, 6.07) is 16.8. The van der Waals surface area contributed by atoms with Gasteiger partial charge in [0, 0.05) is 36.7 Å². The minimum absolute atomic E-state index is 0.0448. The van der Waals surface area contributed by atoms with E-state index in [4.69, 9.17) is 18.9 Å². The van der Waals surface area contributed by atoms with Crippen molar-refractivity contribution in [3.05, 3.63) is 82.4 Å². The van der Waals surface area contributed by atoms with Crippen LogP contribution in [-0.2, 0) is 14.3 Å². The molecule has 38 heavy (non-hydrogen) atoms. The third-order valence-corrected chi connectivity index (χ3v) is 5.94. The molecule has 3 aromatic rings. The van der Waals surface area contributed by atoms with Gasteiger partial charge in [0.05, 0.1) is 30.7 Å². The second-order valence-electron chi connectivity index (χ2n) is 8.35. The van der Waals surface area contributed by atoms with Crippen molar-refractivity contribution in [2.75, 3.05) is 32.3 Å². The van der Waals surface area contributed by atoms with Crippen LogP contribution in [0.2, 0.25) is 0 Å². The van der Waals surface area contributed by atoms with Crippen LogP contribution in [0.5, 0.6) is 23.0 Å². The second-order valence-corrected chi connectivity index (χ2v) is 8.35. The maximum atomic E-state index is 12.6. The monoisotopic (exact) mass is 520 g/mol. The minimum atomic E-state index is -0.723. The van der Waals surface area contributed by atoms with Crippen LogP contribution in [0, 0.1) is 16.0 Å². The van der Waals surface area contributed by atoms with Crippen LogP contribution in [0.1, 0.15) is 16.8 Å². The fourth-order valence-electron chi connectivity index (χ4n) is 3.92. The van der Waals surface area contributed by atoms with E-state index < -0.39 is 29.2 Å². The molecule has 0 spiro atoms. The quantitative estimate of drug-likeness (QED) is 0.167. The minimum Gasteiger partial charge on any atom is -0.497 e. The van der Waals surface area contributed by atoms with Crippen LogP contribution in [-0.4, -0.2) is 50.0 Å². The Morgan fingerprint density at radius 2 is 1.58 bits per heavy atom. The van der Waals surface area contributed by atoms with Crippen molar-refractivity contribution in [2.24, 2.45) is 5.92 Å². The number of rotatable bonds is 10. The van der Waals surface area contributed by atoms with E-state index in [1.165, 1.54) is 55.5 Å². The number of carbonyl (C=O) groups excluding carboxylic acids is 3. The van der Waals surface area contributed by atoms with E-state index in [1.807, 2.05) is 0 Å². The first-order chi connectivity index (χ1) is 18.3. The molecule has 0 aromatic heterocycles. The predicted molar refractivity (Wildman–Crippen MR) is 135 cm³/mol. The zero-order valence-corrected chi connectivity index (χ0v) is 20.6. The van der Waals surface area contributed by atoms with Gasteiger partial charge in [0.1, 0.15) is 23.0 Å². The number of non-ortho nitro benzene ring substituents is 1. The molecule has 196 valence electrons. The van der Waals surface area contributed by atoms with Crippen molar-refractivity contribution < 1.29 is 38.3 Å². The van der Waals surface area contributed by atoms with Crippen LogP contribution in [0.15, 0.2) is 66.7 Å². The molecule has 0 bridgehead atoms. The molecular weight excluding hydrogens is 496 g/mol. The maximum Gasteiger partial charge on any atom is 0.311 e. The molecule has 11 heteroatoms. The normalized spacial score (nSPS) is 14.6. The highest BCUT2D eigenvalue weighted by Crippen LogP contribution is 2.36. The third kappa shape index (κ3) is 5.89. The molecule has 4 rings (SSSR count). The van der Waals surface area contributed by atoms with Crippen molar-refractivity contribution >= 4 is 29.0 Å². The van der Waals surface area contributed by atoms with Gasteiger partial charge in [0.15, 0.2) is 12.4 Å². The lowest BCUT2D eigenvalue weighted by Crippen LogP contribution is -2.27. The lowest BCUT2D eigenvalue weighted by molar-refractivity contribution is -0.384. The molecule has 1 aliphatic heterocycles. The Balaban J connectivity index is 1.31. The summed E-state index contributed by atoms with van der Waals surface area (Å²) in [4.78, 5) is 49.5. The Hall–Kier alpha value is -4.93. The van der Waals surface area contributed by atoms with E-state index in [0.717, 1.165) is 0 Å². The van der Waals surface area contributed by atoms with Crippen LogP contribution in [0.3, 0.4) is 0 Å². The molecule has 1 heterocycles. The van der Waals surface area contributed by atoms with E-state index in [1.54, 1.807) is 30.3 Å². The topological polar surface area (TPSA) is 135 Å². The summed E-state index contributed by atoms with van der Waals surface area (Å²) in [6.07, 6.45) is -0.0448. The van der Waals surface area contributed by atoms with Gasteiger partial charge in [-0.2, -0.15) is 0 Å². The molecule has 1 aliphatic rings. The standard InChI is InChI=1S/C27H24N2O9/c1-35-22-11-12-23(25(14-22)36-2)28-15-18(13-26(28)31)27(32)37-16-24(30)17-3-7-20(8-4-17)38-21-9-5-19(6-10-21)29(33)34/h3-12,14,18H,13,15-16H2,1-2H3/t18-/m0/s1. The number of ether oxygens (including phenoxy) is 4. The summed E-state index contributed by atoms with van der Waals surface area (Å²) < 4.78 is 21.4. The molecule has 0 N–H and O–H groups in total. The number of anilines is 1. The van der Waals surface area contributed by atoms with Crippen molar-refractivity contribution in [2.45, 2.75) is 6.42 Å². The van der Waals surface area contributed by atoms with Gasteiger partial charge in [-0.05, 0) is 48.5 Å². The van der Waals surface area contributed by atoms with Crippen LogP contribution >= 0.6 is 0 Å². The van der Waals surface area contributed by atoms with Gasteiger partial charge >= 0.3 is 5.97 Å². The number of hydrogen-bond acceptors (Lipinski definition) is 9. The Morgan fingerprint density at radius 1 is 0.947 bits per heavy atom. The fourth-order valence-corrected chi connectivity index (χ4v) is 3.92. The SMILES string of the molecule is COc1ccc(N2C[C@@H](C(=O)OCC(=O)c3ccc(Oc4ccc([N+](=O)[O-])cc4)cc3)CC2=O)c(OC)c1. The van der Waals surface area contributed by atoms with Crippen molar-refractivity contribution in [1.82, 2.24) is 0 Å². The Kier molecular flexibility index (Phi) is 7.86. The second kappa shape index (κ2) is 11.4. The molecule has 0 unspecified atom stereocenters. The number of amides is 1. The van der Waals surface area contributed by atoms with Crippen LogP contribution in [0.4, 0.5) is 11.4 Å². The number of esters is 1. The molecule has 1 amide bonds. The molecule has 1 fully saturated rings. The fraction of sp³-hybridized carbons (Fsp3) is 0.222. The number of benzene rings is 3. The van der Waals surface area contributed by atoms with E-state index >= 15 is 0 Å². The van der Waals surface area contributed by atoms with Gasteiger partial charge in [-0.3, -0.25) is 24.5 Å².